The average molecular weight is 214 g/mol. The van der Waals surface area contributed by atoms with E-state index >= 15 is 0 Å². The van der Waals surface area contributed by atoms with Gasteiger partial charge in [-0.25, -0.2) is 8.78 Å². The molecule has 0 N–H and O–H groups in total. The lowest BCUT2D eigenvalue weighted by Gasteiger charge is -2.00. The van der Waals surface area contributed by atoms with Crippen molar-refractivity contribution in [2.24, 2.45) is 0 Å². The summed E-state index contributed by atoms with van der Waals surface area (Å²) < 4.78 is 25.5. The molecule has 1 aromatic carbocycles. The van der Waals surface area contributed by atoms with E-state index in [1.165, 1.54) is 6.92 Å². The van der Waals surface area contributed by atoms with Crippen molar-refractivity contribution < 1.29 is 8.78 Å². The molecule has 0 radical (unpaired) electrons. The van der Waals surface area contributed by atoms with E-state index in [9.17, 15) is 8.78 Å². The van der Waals surface area contributed by atoms with Gasteiger partial charge in [-0.3, -0.25) is 0 Å². The number of halogens is 3. The van der Waals surface area contributed by atoms with E-state index in [1.54, 1.807) is 6.07 Å². The highest BCUT2D eigenvalue weighted by Crippen LogP contribution is 2.24. The lowest BCUT2D eigenvalue weighted by Crippen LogP contribution is -1.86. The predicted octanol–water partition coefficient (Wildman–Crippen LogP) is 3.46. The van der Waals surface area contributed by atoms with Gasteiger partial charge in [0, 0.05) is 11.6 Å². The average Bonchev–Trinajstić information content (AvgIpc) is 2.14. The van der Waals surface area contributed by atoms with Gasteiger partial charge in [-0.05, 0) is 24.6 Å². The van der Waals surface area contributed by atoms with Crippen molar-refractivity contribution in [3.05, 3.63) is 41.0 Å². The molecule has 0 heterocycles. The molecule has 0 saturated heterocycles. The molecule has 72 valence electrons. The summed E-state index contributed by atoms with van der Waals surface area (Å²) in [5.41, 5.74) is 0.389. The summed E-state index contributed by atoms with van der Waals surface area (Å²) in [6.45, 7) is 1.48. The fourth-order valence-electron chi connectivity index (χ4n) is 0.946. The Labute approximate surface area is 85.2 Å². The van der Waals surface area contributed by atoms with Crippen LogP contribution in [0, 0.1) is 23.0 Å². The van der Waals surface area contributed by atoms with Gasteiger partial charge in [-0.15, -0.1) is 0 Å². The van der Waals surface area contributed by atoms with Crippen LogP contribution in [0.2, 0.25) is 0 Å². The summed E-state index contributed by atoms with van der Waals surface area (Å²) in [6.07, 6.45) is 0. The summed E-state index contributed by atoms with van der Waals surface area (Å²) in [4.78, 5) is 0. The highest BCUT2D eigenvalue weighted by Gasteiger charge is 2.06. The van der Waals surface area contributed by atoms with Crippen LogP contribution in [0.25, 0.3) is 5.03 Å². The van der Waals surface area contributed by atoms with Crippen LogP contribution in [0.5, 0.6) is 0 Å². The molecule has 0 amide bonds. The minimum atomic E-state index is -0.719. The van der Waals surface area contributed by atoms with E-state index in [-0.39, 0.29) is 16.2 Å². The second kappa shape index (κ2) is 4.21. The Morgan fingerprint density at radius 1 is 1.29 bits per heavy atom. The zero-order valence-corrected chi connectivity index (χ0v) is 8.07. The molecule has 0 bridgehead atoms. The van der Waals surface area contributed by atoms with Crippen LogP contribution in [0.4, 0.5) is 8.78 Å². The standard InChI is InChI=1S/C10H6ClF2N/c1-6(5-14)10(11)7-2-8(12)4-9(13)3-7/h2-4H,1H3/b10-6-. The Hall–Kier alpha value is -1.40. The quantitative estimate of drug-likeness (QED) is 0.656. The number of benzene rings is 1. The van der Waals surface area contributed by atoms with Crippen LogP contribution in [-0.4, -0.2) is 0 Å². The summed E-state index contributed by atoms with van der Waals surface area (Å²) in [6, 6.07) is 4.70. The number of nitriles is 1. The normalized spacial score (nSPS) is 11.9. The highest BCUT2D eigenvalue weighted by molar-refractivity contribution is 6.49. The van der Waals surface area contributed by atoms with Crippen molar-refractivity contribution in [1.82, 2.24) is 0 Å². The molecule has 0 fully saturated rings. The number of nitrogens with zero attached hydrogens (tertiary/aromatic N) is 1. The predicted molar refractivity (Wildman–Crippen MR) is 50.4 cm³/mol. The maximum Gasteiger partial charge on any atom is 0.126 e. The zero-order chi connectivity index (χ0) is 10.7. The minimum absolute atomic E-state index is 0.0610. The molecule has 1 nitrogen and oxygen atoms in total. The van der Waals surface area contributed by atoms with Gasteiger partial charge in [-0.1, -0.05) is 11.6 Å². The van der Waals surface area contributed by atoms with Gasteiger partial charge >= 0.3 is 0 Å². The van der Waals surface area contributed by atoms with E-state index in [4.69, 9.17) is 16.9 Å². The van der Waals surface area contributed by atoms with Gasteiger partial charge in [0.05, 0.1) is 11.1 Å². The number of hydrogen-bond acceptors (Lipinski definition) is 1. The van der Waals surface area contributed by atoms with Crippen LogP contribution in [0.3, 0.4) is 0 Å². The molecule has 4 heteroatoms. The Bertz CT molecular complexity index is 412. The van der Waals surface area contributed by atoms with Gasteiger partial charge in [0.2, 0.25) is 0 Å². The third-order valence-electron chi connectivity index (χ3n) is 1.61. The Morgan fingerprint density at radius 3 is 2.21 bits per heavy atom. The van der Waals surface area contributed by atoms with E-state index in [2.05, 4.69) is 0 Å². The minimum Gasteiger partial charge on any atom is -0.207 e. The number of hydrogen-bond donors (Lipinski definition) is 0. The summed E-state index contributed by atoms with van der Waals surface area (Å²) in [5.74, 6) is -1.44. The molecule has 0 aromatic heterocycles. The molecule has 1 rings (SSSR count). The molecule has 0 aliphatic rings. The van der Waals surface area contributed by atoms with Crippen molar-refractivity contribution in [1.29, 1.82) is 5.26 Å². The second-order valence-corrected chi connectivity index (χ2v) is 3.09. The second-order valence-electron chi connectivity index (χ2n) is 2.71. The Morgan fingerprint density at radius 2 is 1.79 bits per heavy atom. The largest absolute Gasteiger partial charge is 0.207 e. The molecule has 0 aliphatic heterocycles. The van der Waals surface area contributed by atoms with Gasteiger partial charge in [0.1, 0.15) is 11.6 Å². The Kier molecular flexibility index (Phi) is 3.21. The molecular formula is C10H6ClF2N. The van der Waals surface area contributed by atoms with Crippen LogP contribution >= 0.6 is 11.6 Å². The highest BCUT2D eigenvalue weighted by atomic mass is 35.5. The lowest BCUT2D eigenvalue weighted by atomic mass is 10.1. The SMILES string of the molecule is C/C(C#N)=C(/Cl)c1cc(F)cc(F)c1. The molecule has 0 unspecified atom stereocenters. The maximum atomic E-state index is 12.8. The van der Waals surface area contributed by atoms with E-state index in [0.29, 0.717) is 0 Å². The van der Waals surface area contributed by atoms with Crippen LogP contribution < -0.4 is 0 Å². The zero-order valence-electron chi connectivity index (χ0n) is 7.31. The molecular weight excluding hydrogens is 208 g/mol. The molecule has 1 aromatic rings. The molecule has 0 aliphatic carbocycles. The summed E-state index contributed by atoms with van der Waals surface area (Å²) in [7, 11) is 0. The monoisotopic (exact) mass is 213 g/mol. The first-order valence-corrected chi connectivity index (χ1v) is 4.15. The first kappa shape index (κ1) is 10.7. The van der Waals surface area contributed by atoms with E-state index in [1.807, 2.05) is 0 Å². The molecule has 14 heavy (non-hydrogen) atoms. The topological polar surface area (TPSA) is 23.8 Å². The van der Waals surface area contributed by atoms with E-state index in [0.717, 1.165) is 18.2 Å². The van der Waals surface area contributed by atoms with Crippen molar-refractivity contribution in [3.8, 4) is 6.07 Å². The van der Waals surface area contributed by atoms with E-state index < -0.39 is 11.6 Å². The smallest absolute Gasteiger partial charge is 0.126 e. The van der Waals surface area contributed by atoms with Crippen molar-refractivity contribution in [3.63, 3.8) is 0 Å². The summed E-state index contributed by atoms with van der Waals surface area (Å²) >= 11 is 5.72. The summed E-state index contributed by atoms with van der Waals surface area (Å²) in [5, 5.41) is 8.59. The first-order chi connectivity index (χ1) is 6.54. The van der Waals surface area contributed by atoms with Crippen molar-refractivity contribution in [2.45, 2.75) is 6.92 Å². The van der Waals surface area contributed by atoms with Crippen molar-refractivity contribution >= 4 is 16.6 Å². The van der Waals surface area contributed by atoms with Crippen LogP contribution in [-0.2, 0) is 0 Å². The maximum absolute atomic E-state index is 12.8. The van der Waals surface area contributed by atoms with Crippen LogP contribution in [0.1, 0.15) is 12.5 Å². The van der Waals surface area contributed by atoms with Gasteiger partial charge in [-0.2, -0.15) is 5.26 Å². The Balaban J connectivity index is 3.28. The third-order valence-corrected chi connectivity index (χ3v) is 2.11. The number of rotatable bonds is 1. The fraction of sp³-hybridized carbons (Fsp3) is 0.100. The molecule has 0 saturated carbocycles. The van der Waals surface area contributed by atoms with Gasteiger partial charge in [0.25, 0.3) is 0 Å². The first-order valence-electron chi connectivity index (χ1n) is 3.77. The van der Waals surface area contributed by atoms with Crippen LogP contribution in [0.15, 0.2) is 23.8 Å². The van der Waals surface area contributed by atoms with Gasteiger partial charge < -0.3 is 0 Å². The third kappa shape index (κ3) is 2.30. The van der Waals surface area contributed by atoms with Gasteiger partial charge in [0.15, 0.2) is 0 Å². The van der Waals surface area contributed by atoms with Crippen molar-refractivity contribution in [2.75, 3.05) is 0 Å². The molecule has 0 spiro atoms. The lowest BCUT2D eigenvalue weighted by molar-refractivity contribution is 0.582. The molecule has 0 atom stereocenters. The fourth-order valence-corrected chi connectivity index (χ4v) is 1.10. The number of allylic oxidation sites excluding steroid dienone is 1.